The van der Waals surface area contributed by atoms with E-state index in [2.05, 4.69) is 41.5 Å². The van der Waals surface area contributed by atoms with Crippen LogP contribution in [0.4, 0.5) is 0 Å². The number of para-hydroxylation sites is 1. The van der Waals surface area contributed by atoms with E-state index in [4.69, 9.17) is 0 Å². The minimum atomic E-state index is 0.675. The van der Waals surface area contributed by atoms with Crippen molar-refractivity contribution in [2.45, 2.75) is 45.7 Å². The number of aromatic nitrogens is 1. The number of benzene rings is 1. The van der Waals surface area contributed by atoms with Gasteiger partial charge in [0.2, 0.25) is 0 Å². The van der Waals surface area contributed by atoms with Gasteiger partial charge >= 0.3 is 0 Å². The second kappa shape index (κ2) is 4.11. The molecule has 0 spiro atoms. The fourth-order valence-electron chi connectivity index (χ4n) is 4.29. The highest BCUT2D eigenvalue weighted by Crippen LogP contribution is 2.42. The van der Waals surface area contributed by atoms with Crippen LogP contribution in [0.15, 0.2) is 18.2 Å². The normalized spacial score (nSPS) is 22.7. The van der Waals surface area contributed by atoms with Crippen molar-refractivity contribution in [1.82, 2.24) is 9.47 Å². The van der Waals surface area contributed by atoms with Crippen molar-refractivity contribution in [1.29, 1.82) is 0 Å². The van der Waals surface area contributed by atoms with E-state index in [1.165, 1.54) is 55.4 Å². The Morgan fingerprint density at radius 3 is 3.00 bits per heavy atom. The fourth-order valence-corrected chi connectivity index (χ4v) is 4.29. The number of fused-ring (bicyclic) bond motifs is 3. The monoisotopic (exact) mass is 254 g/mol. The predicted molar refractivity (Wildman–Crippen MR) is 79.6 cm³/mol. The number of hydrogen-bond donors (Lipinski definition) is 0. The molecular formula is C17H22N2. The lowest BCUT2D eigenvalue weighted by atomic mass is 9.89. The van der Waals surface area contributed by atoms with Gasteiger partial charge in [0.15, 0.2) is 0 Å². The highest BCUT2D eigenvalue weighted by molar-refractivity contribution is 5.88. The topological polar surface area (TPSA) is 8.17 Å². The summed E-state index contributed by atoms with van der Waals surface area (Å²) in [6, 6.07) is 7.50. The lowest BCUT2D eigenvalue weighted by Crippen LogP contribution is -2.39. The zero-order valence-electron chi connectivity index (χ0n) is 11.9. The van der Waals surface area contributed by atoms with Gasteiger partial charge < -0.3 is 4.57 Å². The predicted octanol–water partition coefficient (Wildman–Crippen LogP) is 3.66. The van der Waals surface area contributed by atoms with Crippen LogP contribution in [0.1, 0.15) is 42.6 Å². The Bertz CT molecular complexity index is 638. The standard InChI is InChI=1S/C17H22N2/c1-3-18-10-11-19-16-12(2)6-4-7-13(16)14-8-5-9-15(18)17(14)19/h4,6-7,15H,3,5,8-11H2,1-2H3/t15-/m1/s1. The molecule has 0 amide bonds. The van der Waals surface area contributed by atoms with Crippen molar-refractivity contribution in [3.05, 3.63) is 35.0 Å². The Morgan fingerprint density at radius 2 is 2.16 bits per heavy atom. The Balaban J connectivity index is 2.05. The van der Waals surface area contributed by atoms with Gasteiger partial charge in [-0.3, -0.25) is 4.90 Å². The average Bonchev–Trinajstić information content (AvgIpc) is 2.77. The number of hydrogen-bond acceptors (Lipinski definition) is 1. The minimum absolute atomic E-state index is 0.675. The molecule has 2 aromatic rings. The van der Waals surface area contributed by atoms with E-state index in [0.717, 1.165) is 0 Å². The van der Waals surface area contributed by atoms with Crippen LogP contribution in [0.2, 0.25) is 0 Å². The molecule has 0 saturated heterocycles. The van der Waals surface area contributed by atoms with Crippen molar-refractivity contribution >= 4 is 10.9 Å². The Hall–Kier alpha value is -1.28. The van der Waals surface area contributed by atoms with Crippen LogP contribution in [0.3, 0.4) is 0 Å². The molecule has 0 bridgehead atoms. The first-order chi connectivity index (χ1) is 9.31. The van der Waals surface area contributed by atoms with Crippen LogP contribution < -0.4 is 0 Å². The Labute approximate surface area is 115 Å². The van der Waals surface area contributed by atoms with Gasteiger partial charge in [0.1, 0.15) is 0 Å². The second-order valence-electron chi connectivity index (χ2n) is 6.02. The maximum Gasteiger partial charge on any atom is 0.0516 e. The molecule has 2 aliphatic rings. The van der Waals surface area contributed by atoms with E-state index in [1.807, 2.05) is 0 Å². The third kappa shape index (κ3) is 1.47. The summed E-state index contributed by atoms with van der Waals surface area (Å²) in [7, 11) is 0. The summed E-state index contributed by atoms with van der Waals surface area (Å²) in [4.78, 5) is 2.67. The van der Waals surface area contributed by atoms with Gasteiger partial charge in [0.05, 0.1) is 11.6 Å². The average molecular weight is 254 g/mol. The van der Waals surface area contributed by atoms with Crippen molar-refractivity contribution in [3.8, 4) is 0 Å². The van der Waals surface area contributed by atoms with Crippen LogP contribution in [-0.4, -0.2) is 22.6 Å². The molecule has 1 aromatic carbocycles. The third-order valence-electron chi connectivity index (χ3n) is 5.11. The van der Waals surface area contributed by atoms with Gasteiger partial charge in [-0.2, -0.15) is 0 Å². The largest absolute Gasteiger partial charge is 0.341 e. The van der Waals surface area contributed by atoms with Gasteiger partial charge in [-0.1, -0.05) is 25.1 Å². The van der Waals surface area contributed by atoms with E-state index in [1.54, 1.807) is 11.3 Å². The van der Waals surface area contributed by atoms with E-state index >= 15 is 0 Å². The van der Waals surface area contributed by atoms with Crippen LogP contribution in [0.5, 0.6) is 0 Å². The third-order valence-corrected chi connectivity index (χ3v) is 5.11. The van der Waals surface area contributed by atoms with Crippen molar-refractivity contribution < 1.29 is 0 Å². The van der Waals surface area contributed by atoms with Crippen LogP contribution in [0, 0.1) is 6.92 Å². The van der Waals surface area contributed by atoms with Crippen LogP contribution >= 0.6 is 0 Å². The van der Waals surface area contributed by atoms with Crippen LogP contribution in [0.25, 0.3) is 10.9 Å². The molecule has 0 fully saturated rings. The molecule has 0 unspecified atom stereocenters. The van der Waals surface area contributed by atoms with Gasteiger partial charge in [0.25, 0.3) is 0 Å². The quantitative estimate of drug-likeness (QED) is 0.754. The molecule has 0 saturated carbocycles. The molecule has 1 aliphatic heterocycles. The molecule has 1 aromatic heterocycles. The first-order valence-electron chi connectivity index (χ1n) is 7.66. The molecule has 4 rings (SSSR count). The Kier molecular flexibility index (Phi) is 2.49. The molecule has 1 aliphatic carbocycles. The summed E-state index contributed by atoms with van der Waals surface area (Å²) in [5.74, 6) is 0. The zero-order chi connectivity index (χ0) is 13.0. The SMILES string of the molecule is CCN1CCn2c3c(c4cccc(C)c42)CCC[C@H]31. The Morgan fingerprint density at radius 1 is 1.26 bits per heavy atom. The van der Waals surface area contributed by atoms with Crippen molar-refractivity contribution in [2.75, 3.05) is 13.1 Å². The van der Waals surface area contributed by atoms with Gasteiger partial charge in [-0.15, -0.1) is 0 Å². The summed E-state index contributed by atoms with van der Waals surface area (Å²) < 4.78 is 2.63. The number of likely N-dealkylation sites (N-methyl/N-ethyl adjacent to an activating group) is 1. The zero-order valence-corrected chi connectivity index (χ0v) is 11.9. The van der Waals surface area contributed by atoms with E-state index in [9.17, 15) is 0 Å². The fraction of sp³-hybridized carbons (Fsp3) is 0.529. The number of nitrogens with zero attached hydrogens (tertiary/aromatic N) is 2. The van der Waals surface area contributed by atoms with E-state index in [0.29, 0.717) is 6.04 Å². The molecule has 19 heavy (non-hydrogen) atoms. The smallest absolute Gasteiger partial charge is 0.0516 e. The molecule has 2 heteroatoms. The minimum Gasteiger partial charge on any atom is -0.341 e. The molecule has 2 heterocycles. The van der Waals surface area contributed by atoms with Gasteiger partial charge in [-0.25, -0.2) is 0 Å². The molecule has 0 N–H and O–H groups in total. The number of aryl methyl sites for hydroxylation is 2. The second-order valence-corrected chi connectivity index (χ2v) is 6.02. The summed E-state index contributed by atoms with van der Waals surface area (Å²) in [6.45, 7) is 8.13. The first-order valence-corrected chi connectivity index (χ1v) is 7.66. The lowest BCUT2D eigenvalue weighted by molar-refractivity contribution is 0.149. The van der Waals surface area contributed by atoms with Crippen LogP contribution in [-0.2, 0) is 13.0 Å². The molecular weight excluding hydrogens is 232 g/mol. The summed E-state index contributed by atoms with van der Waals surface area (Å²) in [6.07, 6.45) is 3.97. The first kappa shape index (κ1) is 11.5. The molecule has 100 valence electrons. The maximum atomic E-state index is 2.67. The van der Waals surface area contributed by atoms with Gasteiger partial charge in [0, 0.05) is 24.2 Å². The molecule has 0 radical (unpaired) electrons. The summed E-state index contributed by atoms with van der Waals surface area (Å²) in [5.41, 5.74) is 6.24. The summed E-state index contributed by atoms with van der Waals surface area (Å²) >= 11 is 0. The molecule has 1 atom stereocenters. The van der Waals surface area contributed by atoms with Crippen molar-refractivity contribution in [2.24, 2.45) is 0 Å². The molecule has 2 nitrogen and oxygen atoms in total. The highest BCUT2D eigenvalue weighted by atomic mass is 15.2. The highest BCUT2D eigenvalue weighted by Gasteiger charge is 2.34. The van der Waals surface area contributed by atoms with Gasteiger partial charge in [-0.05, 0) is 43.9 Å². The lowest BCUT2D eigenvalue weighted by Gasteiger charge is -2.39. The number of rotatable bonds is 1. The van der Waals surface area contributed by atoms with E-state index < -0.39 is 0 Å². The van der Waals surface area contributed by atoms with E-state index in [-0.39, 0.29) is 0 Å². The van der Waals surface area contributed by atoms with Crippen molar-refractivity contribution in [3.63, 3.8) is 0 Å². The summed E-state index contributed by atoms with van der Waals surface area (Å²) in [5, 5.41) is 1.53. The maximum absolute atomic E-state index is 2.67.